The van der Waals surface area contributed by atoms with Gasteiger partial charge in [-0.25, -0.2) is 21.9 Å². The van der Waals surface area contributed by atoms with E-state index in [4.69, 9.17) is 34.9 Å². The molecule has 0 aromatic rings. The summed E-state index contributed by atoms with van der Waals surface area (Å²) < 4.78 is 0. The molecule has 16 heavy (non-hydrogen) atoms. The Morgan fingerprint density at radius 3 is 1.44 bits per heavy atom. The van der Waals surface area contributed by atoms with E-state index in [0.717, 1.165) is 0 Å². The zero-order valence-electron chi connectivity index (χ0n) is 8.27. The van der Waals surface area contributed by atoms with Crippen LogP contribution < -0.4 is 22.5 Å². The van der Waals surface area contributed by atoms with Crippen LogP contribution >= 0.6 is 23.2 Å². The molecule has 2 heterocycles. The predicted octanol–water partition coefficient (Wildman–Crippen LogP) is 0.548. The molecule has 2 aliphatic rings. The van der Waals surface area contributed by atoms with E-state index in [1.165, 1.54) is 10.2 Å². The summed E-state index contributed by atoms with van der Waals surface area (Å²) in [6, 6.07) is 0. The second-order valence-electron chi connectivity index (χ2n) is 2.75. The van der Waals surface area contributed by atoms with Gasteiger partial charge in [-0.05, 0) is 24.3 Å². The summed E-state index contributed by atoms with van der Waals surface area (Å²) in [5.41, 5.74) is 5.26. The number of hydrazine groups is 4. The highest BCUT2D eigenvalue weighted by atomic mass is 35.5. The molecule has 2 aliphatic heterocycles. The lowest BCUT2D eigenvalue weighted by Crippen LogP contribution is -2.38. The van der Waals surface area contributed by atoms with Gasteiger partial charge in [-0.1, -0.05) is 23.2 Å². The summed E-state index contributed by atoms with van der Waals surface area (Å²) in [6.07, 6.45) is 10.2. The minimum atomic E-state index is 0.523. The molecular formula is C8H12Cl2N6. The summed E-state index contributed by atoms with van der Waals surface area (Å²) in [5, 5.41) is 3.61. The summed E-state index contributed by atoms with van der Waals surface area (Å²) in [4.78, 5) is 0. The van der Waals surface area contributed by atoms with Crippen LogP contribution in [0, 0.1) is 0 Å². The van der Waals surface area contributed by atoms with Crippen LogP contribution in [-0.4, -0.2) is 10.2 Å². The maximum absolute atomic E-state index is 5.49. The average Bonchev–Trinajstić information content (AvgIpc) is 2.17. The highest BCUT2D eigenvalue weighted by Crippen LogP contribution is 2.01. The summed E-state index contributed by atoms with van der Waals surface area (Å²) in [6.45, 7) is 0. The third-order valence-electron chi connectivity index (χ3n) is 1.45. The van der Waals surface area contributed by atoms with Gasteiger partial charge in [-0.15, -0.1) is 0 Å². The molecule has 0 radical (unpaired) electrons. The Labute approximate surface area is 103 Å². The van der Waals surface area contributed by atoms with Gasteiger partial charge in [0.25, 0.3) is 0 Å². The molecule has 6 nitrogen and oxygen atoms in total. The molecule has 0 atom stereocenters. The first-order valence-corrected chi connectivity index (χ1v) is 5.02. The molecule has 6 N–H and O–H groups in total. The standard InChI is InChI=1S/2C4H6ClN3/c2*5-4-2-1-3-8(6)7-4/h2*1-3,7H,6H2. The Morgan fingerprint density at radius 2 is 1.25 bits per heavy atom. The van der Waals surface area contributed by atoms with Crippen LogP contribution in [-0.2, 0) is 0 Å². The van der Waals surface area contributed by atoms with E-state index in [9.17, 15) is 0 Å². The second-order valence-corrected chi connectivity index (χ2v) is 3.56. The van der Waals surface area contributed by atoms with Crippen molar-refractivity contribution in [3.63, 3.8) is 0 Å². The first kappa shape index (κ1) is 12.7. The van der Waals surface area contributed by atoms with E-state index < -0.39 is 0 Å². The first-order valence-electron chi connectivity index (χ1n) is 4.27. The van der Waals surface area contributed by atoms with Crippen LogP contribution in [0.5, 0.6) is 0 Å². The number of allylic oxidation sites excluding steroid dienone is 4. The van der Waals surface area contributed by atoms with Gasteiger partial charge >= 0.3 is 0 Å². The number of halogens is 2. The van der Waals surface area contributed by atoms with Crippen molar-refractivity contribution in [3.8, 4) is 0 Å². The van der Waals surface area contributed by atoms with Crippen molar-refractivity contribution in [1.29, 1.82) is 0 Å². The van der Waals surface area contributed by atoms with Crippen molar-refractivity contribution in [2.45, 2.75) is 0 Å². The number of rotatable bonds is 0. The molecule has 0 aromatic heterocycles. The predicted molar refractivity (Wildman–Crippen MR) is 64.5 cm³/mol. The molecular weight excluding hydrogens is 251 g/mol. The minimum Gasteiger partial charge on any atom is -0.274 e. The minimum absolute atomic E-state index is 0.523. The maximum Gasteiger partial charge on any atom is 0.122 e. The van der Waals surface area contributed by atoms with Crippen LogP contribution in [0.25, 0.3) is 0 Å². The van der Waals surface area contributed by atoms with Crippen molar-refractivity contribution in [2.24, 2.45) is 11.7 Å². The lowest BCUT2D eigenvalue weighted by atomic mass is 10.5. The second kappa shape index (κ2) is 6.29. The Balaban J connectivity index is 0.000000160. The highest BCUT2D eigenvalue weighted by Gasteiger charge is 1.95. The molecule has 0 amide bonds. The summed E-state index contributed by atoms with van der Waals surface area (Å²) in [7, 11) is 0. The van der Waals surface area contributed by atoms with Crippen molar-refractivity contribution >= 4 is 23.2 Å². The Hall–Kier alpha value is -1.34. The van der Waals surface area contributed by atoms with E-state index in [1.54, 1.807) is 36.7 Å². The van der Waals surface area contributed by atoms with Gasteiger partial charge < -0.3 is 0 Å². The van der Waals surface area contributed by atoms with E-state index in [2.05, 4.69) is 10.9 Å². The van der Waals surface area contributed by atoms with Gasteiger partial charge in [-0.2, -0.15) is 0 Å². The van der Waals surface area contributed by atoms with E-state index in [1.807, 2.05) is 0 Å². The van der Waals surface area contributed by atoms with Gasteiger partial charge in [0.05, 0.1) is 0 Å². The Kier molecular flexibility index (Phi) is 5.00. The van der Waals surface area contributed by atoms with E-state index in [0.29, 0.717) is 10.3 Å². The molecule has 0 fully saturated rings. The molecule has 0 spiro atoms. The highest BCUT2D eigenvalue weighted by molar-refractivity contribution is 6.29. The van der Waals surface area contributed by atoms with Crippen LogP contribution in [0.3, 0.4) is 0 Å². The molecule has 0 saturated carbocycles. The molecule has 2 rings (SSSR count). The molecule has 88 valence electrons. The normalized spacial score (nSPS) is 17.8. The molecule has 0 aliphatic carbocycles. The van der Waals surface area contributed by atoms with Gasteiger partial charge in [0.15, 0.2) is 0 Å². The van der Waals surface area contributed by atoms with Crippen LogP contribution in [0.4, 0.5) is 0 Å². The zero-order chi connectivity index (χ0) is 12.0. The summed E-state index contributed by atoms with van der Waals surface area (Å²) >= 11 is 11.0. The molecule has 8 heteroatoms. The lowest BCUT2D eigenvalue weighted by Gasteiger charge is -2.17. The number of nitrogens with zero attached hydrogens (tertiary/aromatic N) is 2. The molecule has 0 aromatic carbocycles. The SMILES string of the molecule is NN1C=CC=C(Cl)N1.NN1C=CC=C(Cl)N1. The smallest absolute Gasteiger partial charge is 0.122 e. The third-order valence-corrected chi connectivity index (χ3v) is 1.87. The van der Waals surface area contributed by atoms with E-state index >= 15 is 0 Å². The molecule has 0 bridgehead atoms. The van der Waals surface area contributed by atoms with Gasteiger partial charge in [-0.3, -0.25) is 10.9 Å². The van der Waals surface area contributed by atoms with Gasteiger partial charge in [0.1, 0.15) is 10.3 Å². The van der Waals surface area contributed by atoms with Crippen LogP contribution in [0.2, 0.25) is 0 Å². The number of nitrogens with two attached hydrogens (primary N) is 2. The van der Waals surface area contributed by atoms with Crippen molar-refractivity contribution < 1.29 is 0 Å². The van der Waals surface area contributed by atoms with Crippen LogP contribution in [0.1, 0.15) is 0 Å². The average molecular weight is 263 g/mol. The number of hydrogen-bond donors (Lipinski definition) is 4. The zero-order valence-corrected chi connectivity index (χ0v) is 9.78. The largest absolute Gasteiger partial charge is 0.274 e. The number of hydrogen-bond acceptors (Lipinski definition) is 6. The van der Waals surface area contributed by atoms with Crippen molar-refractivity contribution in [3.05, 3.63) is 47.0 Å². The summed E-state index contributed by atoms with van der Waals surface area (Å²) in [5.74, 6) is 10.5. The molecule has 0 saturated heterocycles. The topological polar surface area (TPSA) is 82.6 Å². The fraction of sp³-hybridized carbons (Fsp3) is 0. The third kappa shape index (κ3) is 4.94. The quantitative estimate of drug-likeness (QED) is 0.377. The Morgan fingerprint density at radius 1 is 0.875 bits per heavy atom. The fourth-order valence-electron chi connectivity index (χ4n) is 0.836. The maximum atomic E-state index is 5.49. The van der Waals surface area contributed by atoms with E-state index in [-0.39, 0.29) is 0 Å². The monoisotopic (exact) mass is 262 g/mol. The van der Waals surface area contributed by atoms with Gasteiger partial charge in [0, 0.05) is 12.4 Å². The number of nitrogens with one attached hydrogen (secondary N) is 2. The Bertz CT molecular complexity index is 314. The van der Waals surface area contributed by atoms with Crippen molar-refractivity contribution in [1.82, 2.24) is 21.1 Å². The molecule has 0 unspecified atom stereocenters. The van der Waals surface area contributed by atoms with Crippen molar-refractivity contribution in [2.75, 3.05) is 0 Å². The fourth-order valence-corrected chi connectivity index (χ4v) is 1.18. The van der Waals surface area contributed by atoms with Gasteiger partial charge in [0.2, 0.25) is 0 Å². The lowest BCUT2D eigenvalue weighted by molar-refractivity contribution is 0.320. The first-order chi connectivity index (χ1) is 7.58. The van der Waals surface area contributed by atoms with Crippen LogP contribution in [0.15, 0.2) is 47.0 Å².